The van der Waals surface area contributed by atoms with Gasteiger partial charge in [-0.25, -0.2) is 8.78 Å². The number of hydrogen-bond acceptors (Lipinski definition) is 3. The molecule has 0 saturated carbocycles. The third-order valence-corrected chi connectivity index (χ3v) is 5.48. The maximum atomic E-state index is 13.8. The average Bonchev–Trinajstić information content (AvgIpc) is 3.20. The van der Waals surface area contributed by atoms with Gasteiger partial charge < -0.3 is 5.32 Å². The Bertz CT molecular complexity index is 1170. The number of benzene rings is 2. The van der Waals surface area contributed by atoms with Crippen LogP contribution < -0.4 is 5.32 Å². The molecule has 0 aliphatic rings. The van der Waals surface area contributed by atoms with E-state index in [2.05, 4.69) is 10.4 Å². The molecule has 1 amide bonds. The molecule has 0 bridgehead atoms. The fraction of sp³-hybridized carbons (Fsp3) is 0.0526. The van der Waals surface area contributed by atoms with Crippen molar-refractivity contribution in [2.45, 2.75) is 0 Å². The fourth-order valence-electron chi connectivity index (χ4n) is 2.75. The number of rotatable bonds is 3. The average molecular weight is 404 g/mol. The molecular weight excluding hydrogens is 392 g/mol. The number of carbonyl (C=O) groups excluding carboxylic acids is 1. The molecule has 0 saturated heterocycles. The summed E-state index contributed by atoms with van der Waals surface area (Å²) < 4.78 is 28.8. The lowest BCUT2D eigenvalue weighted by Gasteiger charge is -2.05. The summed E-state index contributed by atoms with van der Waals surface area (Å²) in [6, 6.07) is 11.8. The van der Waals surface area contributed by atoms with Gasteiger partial charge in [0.15, 0.2) is 0 Å². The van der Waals surface area contributed by atoms with Crippen LogP contribution in [0.4, 0.5) is 14.5 Å². The molecule has 2 heterocycles. The van der Waals surface area contributed by atoms with Gasteiger partial charge in [0.2, 0.25) is 0 Å². The quantitative estimate of drug-likeness (QED) is 0.492. The van der Waals surface area contributed by atoms with Crippen LogP contribution in [-0.4, -0.2) is 15.7 Å². The van der Waals surface area contributed by atoms with E-state index in [0.717, 1.165) is 39.7 Å². The van der Waals surface area contributed by atoms with Gasteiger partial charge in [0.1, 0.15) is 22.2 Å². The van der Waals surface area contributed by atoms with Gasteiger partial charge in [-0.1, -0.05) is 23.7 Å². The molecular formula is C19H12ClF2N3OS. The topological polar surface area (TPSA) is 46.9 Å². The summed E-state index contributed by atoms with van der Waals surface area (Å²) in [7, 11) is 1.78. The molecule has 0 spiro atoms. The lowest BCUT2D eigenvalue weighted by molar-refractivity contribution is 0.103. The molecule has 136 valence electrons. The number of hydrogen-bond donors (Lipinski definition) is 1. The minimum Gasteiger partial charge on any atom is -0.319 e. The Hall–Kier alpha value is -2.77. The van der Waals surface area contributed by atoms with Crippen molar-refractivity contribution in [2.75, 3.05) is 5.32 Å². The molecule has 4 aromatic rings. The summed E-state index contributed by atoms with van der Waals surface area (Å²) in [5, 5.41) is 8.34. The third kappa shape index (κ3) is 3.31. The van der Waals surface area contributed by atoms with Crippen LogP contribution in [0, 0.1) is 11.6 Å². The van der Waals surface area contributed by atoms with E-state index in [9.17, 15) is 13.6 Å². The molecule has 0 unspecified atom stereocenters. The van der Waals surface area contributed by atoms with E-state index in [-0.39, 0.29) is 5.69 Å². The van der Waals surface area contributed by atoms with Gasteiger partial charge in [-0.15, -0.1) is 11.3 Å². The highest BCUT2D eigenvalue weighted by atomic mass is 35.5. The Labute approximate surface area is 162 Å². The number of halogens is 3. The molecule has 1 N–H and O–H groups in total. The lowest BCUT2D eigenvalue weighted by Crippen LogP contribution is -2.11. The van der Waals surface area contributed by atoms with Crippen LogP contribution >= 0.6 is 22.9 Å². The van der Waals surface area contributed by atoms with Crippen molar-refractivity contribution in [3.05, 3.63) is 70.1 Å². The van der Waals surface area contributed by atoms with Crippen LogP contribution in [0.15, 0.2) is 48.5 Å². The Morgan fingerprint density at radius 1 is 1.15 bits per heavy atom. The molecule has 4 nitrogen and oxygen atoms in total. The minimum atomic E-state index is -0.700. The smallest absolute Gasteiger partial charge is 0.265 e. The second-order valence-corrected chi connectivity index (χ2v) is 7.35. The largest absolute Gasteiger partial charge is 0.319 e. The van der Waals surface area contributed by atoms with Gasteiger partial charge in [-0.2, -0.15) is 5.10 Å². The van der Waals surface area contributed by atoms with E-state index >= 15 is 0 Å². The maximum Gasteiger partial charge on any atom is 0.265 e. The van der Waals surface area contributed by atoms with Crippen LogP contribution in [0.3, 0.4) is 0 Å². The van der Waals surface area contributed by atoms with E-state index < -0.39 is 17.5 Å². The first-order chi connectivity index (χ1) is 12.9. The molecule has 2 aromatic heterocycles. The molecule has 0 atom stereocenters. The molecule has 2 aromatic carbocycles. The number of carbonyl (C=O) groups is 1. The summed E-state index contributed by atoms with van der Waals surface area (Å²) in [5.41, 5.74) is 1.39. The number of aryl methyl sites for hydroxylation is 1. The highest BCUT2D eigenvalue weighted by molar-refractivity contribution is 7.20. The van der Waals surface area contributed by atoms with Crippen molar-refractivity contribution in [3.63, 3.8) is 0 Å². The van der Waals surface area contributed by atoms with Crippen LogP contribution in [-0.2, 0) is 7.05 Å². The fourth-order valence-corrected chi connectivity index (χ4v) is 3.84. The minimum absolute atomic E-state index is 0.200. The zero-order valence-corrected chi connectivity index (χ0v) is 15.5. The predicted octanol–water partition coefficient (Wildman–Crippen LogP) is 5.49. The van der Waals surface area contributed by atoms with E-state index in [1.165, 1.54) is 11.3 Å². The first kappa shape index (κ1) is 17.6. The second-order valence-electron chi connectivity index (χ2n) is 5.89. The number of amides is 1. The molecule has 0 radical (unpaired) electrons. The molecule has 8 heteroatoms. The van der Waals surface area contributed by atoms with Gasteiger partial charge in [0, 0.05) is 29.1 Å². The van der Waals surface area contributed by atoms with Gasteiger partial charge in [0.25, 0.3) is 5.91 Å². The summed E-state index contributed by atoms with van der Waals surface area (Å²) in [6.45, 7) is 0. The first-order valence-corrected chi connectivity index (χ1v) is 9.10. The number of anilines is 1. The molecule has 27 heavy (non-hydrogen) atoms. The number of nitrogens with one attached hydrogen (secondary N) is 1. The highest BCUT2D eigenvalue weighted by Crippen LogP contribution is 2.34. The van der Waals surface area contributed by atoms with E-state index in [0.29, 0.717) is 9.90 Å². The Kier molecular flexibility index (Phi) is 4.41. The summed E-state index contributed by atoms with van der Waals surface area (Å²) >= 11 is 7.16. The number of fused-ring (bicyclic) bond motifs is 1. The Morgan fingerprint density at radius 2 is 1.89 bits per heavy atom. The normalized spacial score (nSPS) is 11.1. The summed E-state index contributed by atoms with van der Waals surface area (Å²) in [4.78, 5) is 13.7. The Morgan fingerprint density at radius 3 is 2.63 bits per heavy atom. The molecule has 4 rings (SSSR count). The van der Waals surface area contributed by atoms with Gasteiger partial charge in [-0.05, 0) is 30.3 Å². The predicted molar refractivity (Wildman–Crippen MR) is 103 cm³/mol. The van der Waals surface area contributed by atoms with Crippen molar-refractivity contribution in [1.82, 2.24) is 9.78 Å². The summed E-state index contributed by atoms with van der Waals surface area (Å²) in [6.07, 6.45) is 0. The SMILES string of the molecule is Cn1nc(-c2ccc(Cl)cc2)c2cc(C(=O)Nc3cc(F)ccc3F)sc21. The van der Waals surface area contributed by atoms with Crippen LogP contribution in [0.5, 0.6) is 0 Å². The van der Waals surface area contributed by atoms with Crippen molar-refractivity contribution in [3.8, 4) is 11.3 Å². The van der Waals surface area contributed by atoms with Gasteiger partial charge in [0.05, 0.1) is 10.6 Å². The second kappa shape index (κ2) is 6.75. The zero-order valence-electron chi connectivity index (χ0n) is 14.0. The van der Waals surface area contributed by atoms with Crippen molar-refractivity contribution in [1.29, 1.82) is 0 Å². The highest BCUT2D eigenvalue weighted by Gasteiger charge is 2.19. The molecule has 0 aliphatic heterocycles. The summed E-state index contributed by atoms with van der Waals surface area (Å²) in [5.74, 6) is -1.84. The number of thiophene rings is 1. The molecule has 0 aliphatic carbocycles. The standard InChI is InChI=1S/C19H12ClF2N3OS/c1-25-19-13(17(24-25)10-2-4-11(20)5-3-10)9-16(27-19)18(26)23-15-8-12(21)6-7-14(15)22/h2-9H,1H3,(H,23,26). The van der Waals surface area contributed by atoms with E-state index in [4.69, 9.17) is 11.6 Å². The van der Waals surface area contributed by atoms with Crippen molar-refractivity contribution in [2.24, 2.45) is 7.05 Å². The van der Waals surface area contributed by atoms with Gasteiger partial charge >= 0.3 is 0 Å². The van der Waals surface area contributed by atoms with E-state index in [1.807, 2.05) is 12.1 Å². The van der Waals surface area contributed by atoms with Gasteiger partial charge in [-0.3, -0.25) is 9.48 Å². The van der Waals surface area contributed by atoms with Crippen molar-refractivity contribution >= 4 is 44.7 Å². The number of aromatic nitrogens is 2. The lowest BCUT2D eigenvalue weighted by atomic mass is 10.1. The van der Waals surface area contributed by atoms with Crippen LogP contribution in [0.2, 0.25) is 5.02 Å². The number of nitrogens with zero attached hydrogens (tertiary/aromatic N) is 2. The Balaban J connectivity index is 1.71. The monoisotopic (exact) mass is 403 g/mol. The van der Waals surface area contributed by atoms with E-state index in [1.54, 1.807) is 29.9 Å². The molecule has 0 fully saturated rings. The van der Waals surface area contributed by atoms with Crippen LogP contribution in [0.25, 0.3) is 21.5 Å². The first-order valence-electron chi connectivity index (χ1n) is 7.91. The van der Waals surface area contributed by atoms with Crippen LogP contribution in [0.1, 0.15) is 9.67 Å². The maximum absolute atomic E-state index is 13.8. The van der Waals surface area contributed by atoms with Crippen molar-refractivity contribution < 1.29 is 13.6 Å². The third-order valence-electron chi connectivity index (χ3n) is 4.03. The zero-order chi connectivity index (χ0) is 19.1.